The highest BCUT2D eigenvalue weighted by atomic mass is 79.9. The molecule has 0 spiro atoms. The quantitative estimate of drug-likeness (QED) is 0.805. The molecule has 3 N–H and O–H groups in total. The lowest BCUT2D eigenvalue weighted by molar-refractivity contribution is 1.52. The van der Waals surface area contributed by atoms with Crippen LogP contribution >= 0.6 is 27.5 Å². The Bertz CT molecular complexity index is 514. The first-order chi connectivity index (χ1) is 7.65. The highest BCUT2D eigenvalue weighted by Gasteiger charge is 2.01. The van der Waals surface area contributed by atoms with E-state index in [1.807, 2.05) is 42.5 Å². The Morgan fingerprint density at radius 2 is 1.94 bits per heavy atom. The molecule has 0 aromatic heterocycles. The zero-order chi connectivity index (χ0) is 11.5. The van der Waals surface area contributed by atoms with E-state index in [0.717, 1.165) is 21.5 Å². The van der Waals surface area contributed by atoms with Crippen LogP contribution in [0, 0.1) is 0 Å². The first-order valence-electron chi connectivity index (χ1n) is 4.73. The molecule has 2 nitrogen and oxygen atoms in total. The third-order valence-electron chi connectivity index (χ3n) is 2.09. The summed E-state index contributed by atoms with van der Waals surface area (Å²) in [5, 5.41) is 3.93. The van der Waals surface area contributed by atoms with Gasteiger partial charge in [0, 0.05) is 20.9 Å². The van der Waals surface area contributed by atoms with Crippen LogP contribution in [0.2, 0.25) is 5.02 Å². The fourth-order valence-corrected chi connectivity index (χ4v) is 1.88. The van der Waals surface area contributed by atoms with E-state index in [4.69, 9.17) is 17.3 Å². The molecule has 16 heavy (non-hydrogen) atoms. The molecule has 0 fully saturated rings. The predicted molar refractivity (Wildman–Crippen MR) is 73.3 cm³/mol. The summed E-state index contributed by atoms with van der Waals surface area (Å²) in [7, 11) is 0. The van der Waals surface area contributed by atoms with Gasteiger partial charge in [-0.1, -0.05) is 17.7 Å². The summed E-state index contributed by atoms with van der Waals surface area (Å²) in [5.74, 6) is 0. The van der Waals surface area contributed by atoms with E-state index >= 15 is 0 Å². The van der Waals surface area contributed by atoms with Crippen molar-refractivity contribution in [2.24, 2.45) is 0 Å². The third-order valence-corrected chi connectivity index (χ3v) is 3.02. The van der Waals surface area contributed by atoms with E-state index in [0.29, 0.717) is 5.02 Å². The Morgan fingerprint density at radius 1 is 1.12 bits per heavy atom. The second-order valence-corrected chi connectivity index (χ2v) is 4.67. The normalized spacial score (nSPS) is 10.1. The minimum atomic E-state index is 0.689. The predicted octanol–water partition coefficient (Wildman–Crippen LogP) is 4.43. The molecule has 4 heteroatoms. The van der Waals surface area contributed by atoms with Crippen LogP contribution in [0.25, 0.3) is 0 Å². The maximum atomic E-state index is 5.93. The van der Waals surface area contributed by atoms with Crippen molar-refractivity contribution in [3.8, 4) is 0 Å². The summed E-state index contributed by atoms with van der Waals surface area (Å²) in [6.07, 6.45) is 0. The zero-order valence-corrected chi connectivity index (χ0v) is 10.7. The Morgan fingerprint density at radius 3 is 2.69 bits per heavy atom. The largest absolute Gasteiger partial charge is 0.399 e. The number of nitrogens with two attached hydrogens (primary N) is 1. The van der Waals surface area contributed by atoms with Crippen LogP contribution in [0.4, 0.5) is 17.1 Å². The van der Waals surface area contributed by atoms with Crippen LogP contribution in [-0.2, 0) is 0 Å². The summed E-state index contributed by atoms with van der Waals surface area (Å²) in [6.45, 7) is 0. The van der Waals surface area contributed by atoms with Gasteiger partial charge in [0.05, 0.1) is 5.69 Å². The van der Waals surface area contributed by atoms with Crippen molar-refractivity contribution >= 4 is 44.6 Å². The van der Waals surface area contributed by atoms with Gasteiger partial charge in [0.25, 0.3) is 0 Å². The Kier molecular flexibility index (Phi) is 3.36. The monoisotopic (exact) mass is 296 g/mol. The molecule has 0 aliphatic heterocycles. The SMILES string of the molecule is Nc1cccc(Nc2cc(Cl)ccc2Br)c1. The first kappa shape index (κ1) is 11.3. The van der Waals surface area contributed by atoms with Gasteiger partial charge in [-0.2, -0.15) is 0 Å². The molecule has 0 unspecified atom stereocenters. The van der Waals surface area contributed by atoms with Crippen LogP contribution in [-0.4, -0.2) is 0 Å². The highest BCUT2D eigenvalue weighted by Crippen LogP contribution is 2.29. The minimum Gasteiger partial charge on any atom is -0.399 e. The van der Waals surface area contributed by atoms with Gasteiger partial charge in [-0.15, -0.1) is 0 Å². The lowest BCUT2D eigenvalue weighted by Gasteiger charge is -2.09. The standard InChI is InChI=1S/C12H10BrClN2/c13-11-5-4-8(14)6-12(11)16-10-3-1-2-9(15)7-10/h1-7,16H,15H2. The van der Waals surface area contributed by atoms with Gasteiger partial charge in [0.1, 0.15) is 0 Å². The van der Waals surface area contributed by atoms with Crippen LogP contribution < -0.4 is 11.1 Å². The summed E-state index contributed by atoms with van der Waals surface area (Å²) in [6, 6.07) is 13.1. The fourth-order valence-electron chi connectivity index (χ4n) is 1.37. The van der Waals surface area contributed by atoms with Gasteiger partial charge in [-0.3, -0.25) is 0 Å². The van der Waals surface area contributed by atoms with Crippen molar-refractivity contribution < 1.29 is 0 Å². The average Bonchev–Trinajstić information content (AvgIpc) is 2.24. The number of hydrogen-bond donors (Lipinski definition) is 2. The number of benzene rings is 2. The van der Waals surface area contributed by atoms with Gasteiger partial charge in [0.2, 0.25) is 0 Å². The highest BCUT2D eigenvalue weighted by molar-refractivity contribution is 9.10. The molecule has 0 amide bonds. The summed E-state index contributed by atoms with van der Waals surface area (Å²) in [5.41, 5.74) is 8.28. The van der Waals surface area contributed by atoms with E-state index < -0.39 is 0 Å². The molecule has 0 saturated carbocycles. The number of anilines is 3. The molecular weight excluding hydrogens is 288 g/mol. The Hall–Kier alpha value is -1.19. The lowest BCUT2D eigenvalue weighted by Crippen LogP contribution is -1.93. The molecule has 0 atom stereocenters. The van der Waals surface area contributed by atoms with Crippen molar-refractivity contribution in [1.29, 1.82) is 0 Å². The van der Waals surface area contributed by atoms with Crippen molar-refractivity contribution in [2.75, 3.05) is 11.1 Å². The van der Waals surface area contributed by atoms with Gasteiger partial charge in [-0.05, 0) is 52.3 Å². The van der Waals surface area contributed by atoms with Gasteiger partial charge in [-0.25, -0.2) is 0 Å². The zero-order valence-electron chi connectivity index (χ0n) is 8.37. The summed E-state index contributed by atoms with van der Waals surface area (Å²) < 4.78 is 0.958. The molecule has 2 aromatic carbocycles. The topological polar surface area (TPSA) is 38.0 Å². The average molecular weight is 298 g/mol. The summed E-state index contributed by atoms with van der Waals surface area (Å²) >= 11 is 9.38. The van der Waals surface area contributed by atoms with Gasteiger partial charge >= 0.3 is 0 Å². The summed E-state index contributed by atoms with van der Waals surface area (Å²) in [4.78, 5) is 0. The second-order valence-electron chi connectivity index (χ2n) is 3.37. The fraction of sp³-hybridized carbons (Fsp3) is 0. The van der Waals surface area contributed by atoms with Crippen molar-refractivity contribution in [3.63, 3.8) is 0 Å². The number of halogens is 2. The van der Waals surface area contributed by atoms with E-state index in [2.05, 4.69) is 21.2 Å². The number of nitrogen functional groups attached to an aromatic ring is 1. The van der Waals surface area contributed by atoms with Gasteiger partial charge in [0.15, 0.2) is 0 Å². The van der Waals surface area contributed by atoms with E-state index in [9.17, 15) is 0 Å². The molecular formula is C12H10BrClN2. The van der Waals surface area contributed by atoms with Crippen molar-refractivity contribution in [2.45, 2.75) is 0 Å². The van der Waals surface area contributed by atoms with Crippen molar-refractivity contribution in [3.05, 3.63) is 52.0 Å². The number of rotatable bonds is 2. The Labute approximate surface area is 108 Å². The minimum absolute atomic E-state index is 0.689. The molecule has 0 aliphatic carbocycles. The molecule has 0 radical (unpaired) electrons. The smallest absolute Gasteiger partial charge is 0.0543 e. The van der Waals surface area contributed by atoms with Crippen LogP contribution in [0.3, 0.4) is 0 Å². The Balaban J connectivity index is 2.30. The molecule has 0 saturated heterocycles. The van der Waals surface area contributed by atoms with E-state index in [1.54, 1.807) is 0 Å². The molecule has 82 valence electrons. The first-order valence-corrected chi connectivity index (χ1v) is 5.90. The maximum Gasteiger partial charge on any atom is 0.0543 e. The second kappa shape index (κ2) is 4.76. The number of nitrogens with one attached hydrogen (secondary N) is 1. The van der Waals surface area contributed by atoms with E-state index in [1.165, 1.54) is 0 Å². The third kappa shape index (κ3) is 2.68. The molecule has 2 rings (SSSR count). The molecule has 2 aromatic rings. The van der Waals surface area contributed by atoms with E-state index in [-0.39, 0.29) is 0 Å². The maximum absolute atomic E-state index is 5.93. The van der Waals surface area contributed by atoms with Crippen molar-refractivity contribution in [1.82, 2.24) is 0 Å². The number of hydrogen-bond acceptors (Lipinski definition) is 2. The lowest BCUT2D eigenvalue weighted by atomic mass is 10.2. The van der Waals surface area contributed by atoms with Crippen LogP contribution in [0.15, 0.2) is 46.9 Å². The molecule has 0 heterocycles. The van der Waals surface area contributed by atoms with Crippen LogP contribution in [0.1, 0.15) is 0 Å². The molecule has 0 bridgehead atoms. The molecule has 0 aliphatic rings. The van der Waals surface area contributed by atoms with Crippen LogP contribution in [0.5, 0.6) is 0 Å². The van der Waals surface area contributed by atoms with Gasteiger partial charge < -0.3 is 11.1 Å².